The summed E-state index contributed by atoms with van der Waals surface area (Å²) in [5.74, 6) is 0.372. The van der Waals surface area contributed by atoms with E-state index < -0.39 is 6.10 Å². The second-order valence-electron chi connectivity index (χ2n) is 3.10. The van der Waals surface area contributed by atoms with Crippen molar-refractivity contribution in [3.05, 3.63) is 23.4 Å². The van der Waals surface area contributed by atoms with Crippen LogP contribution in [-0.2, 0) is 4.74 Å². The Morgan fingerprint density at radius 3 is 2.93 bits per heavy atom. The highest BCUT2D eigenvalue weighted by Crippen LogP contribution is 2.22. The van der Waals surface area contributed by atoms with Crippen molar-refractivity contribution in [1.82, 2.24) is 4.98 Å². The van der Waals surface area contributed by atoms with Crippen molar-refractivity contribution in [2.24, 2.45) is 0 Å². The predicted octanol–water partition coefficient (Wildman–Crippen LogP) is 1.04. The molecular weight excluding hydrogens is 180 g/mol. The van der Waals surface area contributed by atoms with Crippen LogP contribution in [0.15, 0.2) is 12.3 Å². The molecule has 0 spiro atoms. The third kappa shape index (κ3) is 2.43. The van der Waals surface area contributed by atoms with Gasteiger partial charge in [-0.25, -0.2) is 4.98 Å². The summed E-state index contributed by atoms with van der Waals surface area (Å²) in [7, 11) is 0. The first-order valence-electron chi connectivity index (χ1n) is 4.63. The van der Waals surface area contributed by atoms with Gasteiger partial charge in [-0.15, -0.1) is 0 Å². The minimum Gasteiger partial charge on any atom is -0.386 e. The first kappa shape index (κ1) is 10.9. The van der Waals surface area contributed by atoms with Gasteiger partial charge in [0.1, 0.15) is 11.9 Å². The van der Waals surface area contributed by atoms with E-state index in [2.05, 4.69) is 4.98 Å². The molecule has 0 aliphatic heterocycles. The third-order valence-electron chi connectivity index (χ3n) is 2.05. The molecule has 0 saturated heterocycles. The molecule has 1 heterocycles. The van der Waals surface area contributed by atoms with Gasteiger partial charge in [0.25, 0.3) is 0 Å². The van der Waals surface area contributed by atoms with Crippen molar-refractivity contribution >= 4 is 5.82 Å². The molecule has 0 fully saturated rings. The van der Waals surface area contributed by atoms with Gasteiger partial charge in [0.15, 0.2) is 0 Å². The van der Waals surface area contributed by atoms with Crippen LogP contribution in [0.5, 0.6) is 0 Å². The maximum absolute atomic E-state index is 9.77. The van der Waals surface area contributed by atoms with Crippen LogP contribution in [0.25, 0.3) is 0 Å². The summed E-state index contributed by atoms with van der Waals surface area (Å²) < 4.78 is 5.13. The van der Waals surface area contributed by atoms with Crippen LogP contribution in [0, 0.1) is 6.92 Å². The van der Waals surface area contributed by atoms with E-state index in [0.717, 1.165) is 5.56 Å². The number of hydrogen-bond donors (Lipinski definition) is 2. The molecular formula is C10H16N2O2. The molecule has 14 heavy (non-hydrogen) atoms. The van der Waals surface area contributed by atoms with E-state index in [1.165, 1.54) is 0 Å². The summed E-state index contributed by atoms with van der Waals surface area (Å²) in [6, 6.07) is 1.82. The molecule has 1 unspecified atom stereocenters. The van der Waals surface area contributed by atoms with Gasteiger partial charge in [0.2, 0.25) is 0 Å². The first-order chi connectivity index (χ1) is 6.66. The van der Waals surface area contributed by atoms with Crippen LogP contribution >= 0.6 is 0 Å². The lowest BCUT2D eigenvalue weighted by atomic mass is 10.1. The fourth-order valence-corrected chi connectivity index (χ4v) is 1.34. The van der Waals surface area contributed by atoms with Crippen LogP contribution < -0.4 is 5.73 Å². The Balaban J connectivity index is 2.82. The van der Waals surface area contributed by atoms with Gasteiger partial charge in [0, 0.05) is 18.4 Å². The molecule has 78 valence electrons. The third-order valence-corrected chi connectivity index (χ3v) is 2.05. The Morgan fingerprint density at radius 2 is 2.36 bits per heavy atom. The first-order valence-corrected chi connectivity index (χ1v) is 4.63. The Hall–Kier alpha value is -1.13. The van der Waals surface area contributed by atoms with Crippen LogP contribution in [0.4, 0.5) is 5.82 Å². The number of nitrogens with zero attached hydrogens (tertiary/aromatic N) is 1. The molecule has 1 aromatic rings. The highest BCUT2D eigenvalue weighted by molar-refractivity contribution is 5.45. The van der Waals surface area contributed by atoms with Gasteiger partial charge in [-0.2, -0.15) is 0 Å². The number of aliphatic hydroxyl groups is 1. The Morgan fingerprint density at radius 1 is 1.64 bits per heavy atom. The average Bonchev–Trinajstić information content (AvgIpc) is 2.14. The number of pyridine rings is 1. The highest BCUT2D eigenvalue weighted by atomic mass is 16.5. The summed E-state index contributed by atoms with van der Waals surface area (Å²) in [5, 5.41) is 9.77. The fourth-order valence-electron chi connectivity index (χ4n) is 1.34. The number of aryl methyl sites for hydroxylation is 1. The van der Waals surface area contributed by atoms with Crippen molar-refractivity contribution in [2.75, 3.05) is 18.9 Å². The average molecular weight is 196 g/mol. The molecule has 0 bridgehead atoms. The van der Waals surface area contributed by atoms with Crippen LogP contribution in [-0.4, -0.2) is 23.3 Å². The van der Waals surface area contributed by atoms with Crippen LogP contribution in [0.3, 0.4) is 0 Å². The van der Waals surface area contributed by atoms with Gasteiger partial charge in [-0.1, -0.05) is 0 Å². The molecule has 0 amide bonds. The molecule has 0 aliphatic rings. The second-order valence-corrected chi connectivity index (χ2v) is 3.10. The molecule has 1 atom stereocenters. The van der Waals surface area contributed by atoms with E-state index in [4.69, 9.17) is 10.5 Å². The number of aromatic nitrogens is 1. The largest absolute Gasteiger partial charge is 0.386 e. The minimum atomic E-state index is -0.691. The number of rotatable bonds is 4. The standard InChI is InChI=1S/C10H16N2O2/c1-3-14-6-8(13)9-7(2)4-5-12-10(9)11/h4-5,8,13H,3,6H2,1-2H3,(H2,11,12). The fraction of sp³-hybridized carbons (Fsp3) is 0.500. The molecule has 4 heteroatoms. The molecule has 0 aliphatic carbocycles. The number of ether oxygens (including phenoxy) is 1. The van der Waals surface area contributed by atoms with Gasteiger partial charge >= 0.3 is 0 Å². The molecule has 0 radical (unpaired) electrons. The molecule has 1 aromatic heterocycles. The van der Waals surface area contributed by atoms with E-state index in [9.17, 15) is 5.11 Å². The van der Waals surface area contributed by atoms with Gasteiger partial charge < -0.3 is 15.6 Å². The quantitative estimate of drug-likeness (QED) is 0.755. The van der Waals surface area contributed by atoms with Crippen molar-refractivity contribution in [3.63, 3.8) is 0 Å². The second kappa shape index (κ2) is 4.93. The van der Waals surface area contributed by atoms with E-state index in [-0.39, 0.29) is 6.61 Å². The lowest BCUT2D eigenvalue weighted by molar-refractivity contribution is 0.0419. The maximum Gasteiger partial charge on any atom is 0.129 e. The zero-order chi connectivity index (χ0) is 10.6. The van der Waals surface area contributed by atoms with Crippen molar-refractivity contribution in [2.45, 2.75) is 20.0 Å². The smallest absolute Gasteiger partial charge is 0.129 e. The summed E-state index contributed by atoms with van der Waals surface area (Å²) in [6.45, 7) is 4.61. The Bertz CT molecular complexity index is 282. The lowest BCUT2D eigenvalue weighted by Gasteiger charge is -2.14. The number of anilines is 1. The van der Waals surface area contributed by atoms with Gasteiger partial charge in [0.05, 0.1) is 6.61 Å². The number of aliphatic hydroxyl groups excluding tert-OH is 1. The highest BCUT2D eigenvalue weighted by Gasteiger charge is 2.14. The lowest BCUT2D eigenvalue weighted by Crippen LogP contribution is -2.12. The van der Waals surface area contributed by atoms with E-state index in [1.807, 2.05) is 19.9 Å². The van der Waals surface area contributed by atoms with Crippen molar-refractivity contribution in [3.8, 4) is 0 Å². The summed E-state index contributed by atoms with van der Waals surface area (Å²) in [4.78, 5) is 3.93. The monoisotopic (exact) mass is 196 g/mol. The minimum absolute atomic E-state index is 0.257. The van der Waals surface area contributed by atoms with E-state index in [0.29, 0.717) is 18.0 Å². The topological polar surface area (TPSA) is 68.4 Å². The van der Waals surface area contributed by atoms with Gasteiger partial charge in [-0.05, 0) is 25.5 Å². The van der Waals surface area contributed by atoms with Crippen LogP contribution in [0.2, 0.25) is 0 Å². The zero-order valence-electron chi connectivity index (χ0n) is 8.53. The summed E-state index contributed by atoms with van der Waals surface area (Å²) in [6.07, 6.45) is 0.935. The molecule has 4 nitrogen and oxygen atoms in total. The van der Waals surface area contributed by atoms with Crippen molar-refractivity contribution < 1.29 is 9.84 Å². The molecule has 3 N–H and O–H groups in total. The molecule has 1 rings (SSSR count). The summed E-state index contributed by atoms with van der Waals surface area (Å²) in [5.41, 5.74) is 7.27. The van der Waals surface area contributed by atoms with E-state index in [1.54, 1.807) is 6.20 Å². The summed E-state index contributed by atoms with van der Waals surface area (Å²) >= 11 is 0. The Labute approximate surface area is 83.7 Å². The van der Waals surface area contributed by atoms with E-state index >= 15 is 0 Å². The van der Waals surface area contributed by atoms with Crippen molar-refractivity contribution in [1.29, 1.82) is 0 Å². The zero-order valence-corrected chi connectivity index (χ0v) is 8.53. The number of hydrogen-bond acceptors (Lipinski definition) is 4. The Kier molecular flexibility index (Phi) is 3.85. The number of nitrogens with two attached hydrogens (primary N) is 1. The van der Waals surface area contributed by atoms with Crippen LogP contribution in [0.1, 0.15) is 24.2 Å². The molecule has 0 aromatic carbocycles. The maximum atomic E-state index is 9.77. The SMILES string of the molecule is CCOCC(O)c1c(C)ccnc1N. The normalized spacial score (nSPS) is 12.8. The van der Waals surface area contributed by atoms with Gasteiger partial charge in [-0.3, -0.25) is 0 Å². The molecule has 0 saturated carbocycles. The predicted molar refractivity (Wildman–Crippen MR) is 54.8 cm³/mol. The number of nitrogen functional groups attached to an aromatic ring is 1.